The minimum absolute atomic E-state index is 0.400. The maximum Gasteiger partial charge on any atom is 0.272 e. The standard InChI is InChI=1S/C11H12ClN3OS/c1-2-3-6-17-11-13-9-5-4-8(12)7-10(9)15(16)14-11/h4-5,7H,2-3,6H2,1H3. The van der Waals surface area contributed by atoms with E-state index >= 15 is 0 Å². The summed E-state index contributed by atoms with van der Waals surface area (Å²) in [6.07, 6.45) is 2.21. The third-order valence-corrected chi connectivity index (χ3v) is 3.42. The second-order valence-electron chi connectivity index (χ2n) is 3.60. The van der Waals surface area contributed by atoms with Gasteiger partial charge in [0.05, 0.1) is 0 Å². The third kappa shape index (κ3) is 2.98. The van der Waals surface area contributed by atoms with E-state index in [0.29, 0.717) is 26.1 Å². The monoisotopic (exact) mass is 269 g/mol. The van der Waals surface area contributed by atoms with E-state index in [0.717, 1.165) is 18.6 Å². The van der Waals surface area contributed by atoms with E-state index in [1.165, 1.54) is 11.8 Å². The molecule has 0 saturated carbocycles. The van der Waals surface area contributed by atoms with E-state index in [4.69, 9.17) is 11.6 Å². The fourth-order valence-corrected chi connectivity index (χ4v) is 2.45. The Labute approximate surface area is 109 Å². The van der Waals surface area contributed by atoms with Crippen LogP contribution in [0.5, 0.6) is 0 Å². The molecule has 0 saturated heterocycles. The number of hydrogen-bond acceptors (Lipinski definition) is 4. The number of nitrogens with zero attached hydrogens (tertiary/aromatic N) is 3. The van der Waals surface area contributed by atoms with Crippen LogP contribution in [-0.4, -0.2) is 15.8 Å². The second kappa shape index (κ2) is 5.51. The summed E-state index contributed by atoms with van der Waals surface area (Å²) in [5.74, 6) is 0.926. The van der Waals surface area contributed by atoms with Crippen LogP contribution >= 0.6 is 23.4 Å². The van der Waals surface area contributed by atoms with Gasteiger partial charge >= 0.3 is 0 Å². The molecular weight excluding hydrogens is 258 g/mol. The molecule has 0 amide bonds. The van der Waals surface area contributed by atoms with E-state index in [9.17, 15) is 5.21 Å². The largest absolute Gasteiger partial charge is 0.594 e. The number of hydrogen-bond donors (Lipinski definition) is 0. The van der Waals surface area contributed by atoms with Crippen LogP contribution in [0.15, 0.2) is 23.4 Å². The first-order valence-corrected chi connectivity index (χ1v) is 6.77. The van der Waals surface area contributed by atoms with Crippen LogP contribution in [0.25, 0.3) is 11.0 Å². The van der Waals surface area contributed by atoms with Gasteiger partial charge < -0.3 is 5.21 Å². The zero-order valence-corrected chi connectivity index (χ0v) is 11.0. The van der Waals surface area contributed by atoms with Crippen molar-refractivity contribution in [2.24, 2.45) is 0 Å². The molecule has 4 nitrogen and oxygen atoms in total. The Morgan fingerprint density at radius 1 is 1.47 bits per heavy atom. The van der Waals surface area contributed by atoms with Crippen LogP contribution in [0, 0.1) is 5.21 Å². The number of rotatable bonds is 4. The molecule has 1 heterocycles. The molecule has 0 bridgehead atoms. The number of unbranched alkanes of at least 4 members (excludes halogenated alkanes) is 1. The average Bonchev–Trinajstić information content (AvgIpc) is 2.31. The van der Waals surface area contributed by atoms with E-state index in [2.05, 4.69) is 17.0 Å². The lowest BCUT2D eigenvalue weighted by molar-refractivity contribution is -0.647. The molecule has 6 heteroatoms. The van der Waals surface area contributed by atoms with Crippen molar-refractivity contribution in [3.05, 3.63) is 28.4 Å². The van der Waals surface area contributed by atoms with Crippen molar-refractivity contribution in [1.82, 2.24) is 10.1 Å². The summed E-state index contributed by atoms with van der Waals surface area (Å²) in [7, 11) is 0. The molecule has 0 aliphatic rings. The molecule has 0 unspecified atom stereocenters. The second-order valence-corrected chi connectivity index (χ2v) is 5.10. The molecule has 0 atom stereocenters. The molecule has 2 aromatic rings. The van der Waals surface area contributed by atoms with Crippen LogP contribution in [0.3, 0.4) is 0 Å². The number of halogens is 1. The molecule has 0 aliphatic carbocycles. The van der Waals surface area contributed by atoms with Crippen LogP contribution in [0.2, 0.25) is 5.02 Å². The topological polar surface area (TPSA) is 52.7 Å². The molecule has 0 spiro atoms. The van der Waals surface area contributed by atoms with Gasteiger partial charge in [0.2, 0.25) is 0 Å². The first kappa shape index (κ1) is 12.4. The normalized spacial score (nSPS) is 10.9. The van der Waals surface area contributed by atoms with Crippen molar-refractivity contribution in [3.63, 3.8) is 0 Å². The van der Waals surface area contributed by atoms with Gasteiger partial charge in [0, 0.05) is 21.9 Å². The smallest absolute Gasteiger partial charge is 0.272 e. The lowest BCUT2D eigenvalue weighted by atomic mass is 10.3. The Bertz CT molecular complexity index is 535. The van der Waals surface area contributed by atoms with Crippen molar-refractivity contribution in [1.29, 1.82) is 0 Å². The van der Waals surface area contributed by atoms with Crippen LogP contribution in [0.4, 0.5) is 0 Å². The van der Waals surface area contributed by atoms with Gasteiger partial charge in [-0.25, -0.2) is 4.98 Å². The Morgan fingerprint density at radius 2 is 2.29 bits per heavy atom. The molecule has 0 N–H and O–H groups in total. The summed E-state index contributed by atoms with van der Waals surface area (Å²) in [4.78, 5) is 4.91. The number of aromatic nitrogens is 3. The Balaban J connectivity index is 2.32. The van der Waals surface area contributed by atoms with E-state index in [-0.39, 0.29) is 0 Å². The molecule has 17 heavy (non-hydrogen) atoms. The lowest BCUT2D eigenvalue weighted by Gasteiger charge is -2.02. The highest BCUT2D eigenvalue weighted by Crippen LogP contribution is 2.18. The SMILES string of the molecule is CCCCSc1nc2ccc(Cl)cc2[n+]([O-])n1. The van der Waals surface area contributed by atoms with Gasteiger partial charge in [-0.3, -0.25) is 0 Å². The van der Waals surface area contributed by atoms with Gasteiger partial charge in [0.1, 0.15) is 5.52 Å². The molecule has 0 radical (unpaired) electrons. The van der Waals surface area contributed by atoms with Crippen molar-refractivity contribution in [2.75, 3.05) is 5.75 Å². The highest BCUT2D eigenvalue weighted by molar-refractivity contribution is 7.99. The summed E-state index contributed by atoms with van der Waals surface area (Å²) in [5.41, 5.74) is 1.02. The van der Waals surface area contributed by atoms with Gasteiger partial charge in [-0.1, -0.05) is 36.7 Å². The minimum Gasteiger partial charge on any atom is -0.594 e. The Kier molecular flexibility index (Phi) is 4.02. The molecule has 1 aromatic carbocycles. The first-order valence-electron chi connectivity index (χ1n) is 5.40. The van der Waals surface area contributed by atoms with Gasteiger partial charge in [0.25, 0.3) is 10.7 Å². The van der Waals surface area contributed by atoms with Crippen LogP contribution in [0.1, 0.15) is 19.8 Å². The number of thioether (sulfide) groups is 1. The number of benzene rings is 1. The average molecular weight is 270 g/mol. The highest BCUT2D eigenvalue weighted by Gasteiger charge is 2.11. The van der Waals surface area contributed by atoms with Crippen LogP contribution < -0.4 is 4.85 Å². The van der Waals surface area contributed by atoms with Gasteiger partial charge in [-0.15, -0.1) is 0 Å². The quantitative estimate of drug-likeness (QED) is 0.371. The minimum atomic E-state index is 0.400. The summed E-state index contributed by atoms with van der Waals surface area (Å²) in [5, 5.41) is 16.6. The fraction of sp³-hybridized carbons (Fsp3) is 0.364. The molecule has 0 aliphatic heterocycles. The highest BCUT2D eigenvalue weighted by atomic mass is 35.5. The summed E-state index contributed by atoms with van der Waals surface area (Å²) in [6.45, 7) is 2.12. The molecule has 0 fully saturated rings. The first-order chi connectivity index (χ1) is 8.20. The molecule has 1 aromatic heterocycles. The third-order valence-electron chi connectivity index (χ3n) is 2.27. The summed E-state index contributed by atoms with van der Waals surface area (Å²) >= 11 is 7.32. The molecule has 90 valence electrons. The lowest BCUT2D eigenvalue weighted by Crippen LogP contribution is -2.33. The zero-order valence-electron chi connectivity index (χ0n) is 9.39. The zero-order chi connectivity index (χ0) is 12.3. The van der Waals surface area contributed by atoms with Gasteiger partial charge in [-0.2, -0.15) is 0 Å². The maximum atomic E-state index is 11.7. The predicted molar refractivity (Wildman–Crippen MR) is 69.1 cm³/mol. The Hall–Kier alpha value is -1.07. The summed E-state index contributed by atoms with van der Waals surface area (Å²) < 4.78 is 0. The number of fused-ring (bicyclic) bond motifs is 1. The molecule has 2 rings (SSSR count). The van der Waals surface area contributed by atoms with Gasteiger partial charge in [0.15, 0.2) is 0 Å². The summed E-state index contributed by atoms with van der Waals surface area (Å²) in [6, 6.07) is 5.03. The molecular formula is C11H12ClN3OS. The van der Waals surface area contributed by atoms with Crippen molar-refractivity contribution >= 4 is 34.4 Å². The maximum absolute atomic E-state index is 11.7. The van der Waals surface area contributed by atoms with Crippen molar-refractivity contribution in [3.8, 4) is 0 Å². The van der Waals surface area contributed by atoms with Crippen molar-refractivity contribution in [2.45, 2.75) is 24.9 Å². The van der Waals surface area contributed by atoms with E-state index in [1.807, 2.05) is 0 Å². The van der Waals surface area contributed by atoms with Crippen LogP contribution in [-0.2, 0) is 0 Å². The van der Waals surface area contributed by atoms with E-state index in [1.54, 1.807) is 18.2 Å². The Morgan fingerprint density at radius 3 is 3.06 bits per heavy atom. The van der Waals surface area contributed by atoms with Gasteiger partial charge in [-0.05, 0) is 23.4 Å². The predicted octanol–water partition coefficient (Wildman–Crippen LogP) is 2.81. The van der Waals surface area contributed by atoms with E-state index < -0.39 is 0 Å². The van der Waals surface area contributed by atoms with Crippen molar-refractivity contribution < 1.29 is 4.85 Å². The fourth-order valence-electron chi connectivity index (χ4n) is 1.37.